The molecule has 0 aromatic heterocycles. The molecule has 0 aromatic carbocycles. The van der Waals surface area contributed by atoms with Gasteiger partial charge in [-0.05, 0) is 32.6 Å². The maximum absolute atomic E-state index is 12.1. The molecule has 1 saturated carbocycles. The summed E-state index contributed by atoms with van der Waals surface area (Å²) in [5, 5.41) is 15.5. The molecule has 100 valence electrons. The molecule has 0 bridgehead atoms. The number of nitriles is 1. The maximum Gasteiger partial charge on any atom is 0.235 e. The van der Waals surface area contributed by atoms with Crippen LogP contribution in [0.5, 0.6) is 0 Å². The molecule has 1 amide bonds. The van der Waals surface area contributed by atoms with Gasteiger partial charge in [-0.2, -0.15) is 5.26 Å². The summed E-state index contributed by atoms with van der Waals surface area (Å²) in [6.45, 7) is 5.28. The van der Waals surface area contributed by atoms with Crippen LogP contribution in [0, 0.1) is 11.3 Å². The van der Waals surface area contributed by atoms with Gasteiger partial charge in [0.25, 0.3) is 0 Å². The Hall–Kier alpha value is -1.12. The average molecular weight is 250 g/mol. The summed E-state index contributed by atoms with van der Waals surface area (Å²) < 4.78 is 0. The molecule has 0 spiro atoms. The number of hydrogen-bond donors (Lipinski definition) is 2. The second-order valence-electron chi connectivity index (χ2n) is 5.47. The van der Waals surface area contributed by atoms with Gasteiger partial charge in [0.1, 0.15) is 5.54 Å². The summed E-state index contributed by atoms with van der Waals surface area (Å²) in [4.78, 5) is 14.2. The Balaban J connectivity index is 1.86. The summed E-state index contributed by atoms with van der Waals surface area (Å²) in [5.41, 5.74) is -0.589. The van der Waals surface area contributed by atoms with E-state index in [1.165, 1.54) is 0 Å². The van der Waals surface area contributed by atoms with Gasteiger partial charge < -0.3 is 10.6 Å². The lowest BCUT2D eigenvalue weighted by molar-refractivity contribution is -0.124. The van der Waals surface area contributed by atoms with Crippen molar-refractivity contribution in [2.24, 2.45) is 0 Å². The Morgan fingerprint density at radius 1 is 1.56 bits per heavy atom. The van der Waals surface area contributed by atoms with Crippen LogP contribution in [-0.2, 0) is 4.79 Å². The first-order valence-corrected chi connectivity index (χ1v) is 6.82. The highest BCUT2D eigenvalue weighted by Gasteiger charge is 2.35. The Morgan fingerprint density at radius 2 is 2.28 bits per heavy atom. The van der Waals surface area contributed by atoms with Crippen molar-refractivity contribution in [1.82, 2.24) is 15.5 Å². The molecule has 1 heterocycles. The molecule has 2 rings (SSSR count). The topological polar surface area (TPSA) is 68.2 Å². The molecule has 1 atom stereocenters. The minimum absolute atomic E-state index is 0.00722. The van der Waals surface area contributed by atoms with Crippen molar-refractivity contribution in [3.63, 3.8) is 0 Å². The third-order valence-corrected chi connectivity index (χ3v) is 4.04. The molecule has 2 fully saturated rings. The first-order valence-electron chi connectivity index (χ1n) is 6.82. The van der Waals surface area contributed by atoms with Crippen LogP contribution in [0.1, 0.15) is 32.6 Å². The van der Waals surface area contributed by atoms with Crippen molar-refractivity contribution in [2.45, 2.75) is 44.2 Å². The van der Waals surface area contributed by atoms with E-state index in [0.29, 0.717) is 12.6 Å². The van der Waals surface area contributed by atoms with Crippen LogP contribution in [0.3, 0.4) is 0 Å². The quantitative estimate of drug-likeness (QED) is 0.752. The number of amides is 1. The SMILES string of the molecule is C[C@H]1CNCCN1CC(=O)NC1(C#N)CCCC1. The Labute approximate surface area is 109 Å². The number of carbonyl (C=O) groups excluding carboxylic acids is 1. The fraction of sp³-hybridized carbons (Fsp3) is 0.846. The summed E-state index contributed by atoms with van der Waals surface area (Å²) in [6, 6.07) is 2.67. The van der Waals surface area contributed by atoms with Gasteiger partial charge in [0.15, 0.2) is 0 Å². The lowest BCUT2D eigenvalue weighted by Gasteiger charge is -2.34. The fourth-order valence-corrected chi connectivity index (χ4v) is 2.85. The molecular formula is C13H22N4O. The van der Waals surface area contributed by atoms with E-state index in [9.17, 15) is 10.1 Å². The zero-order valence-corrected chi connectivity index (χ0v) is 11.0. The normalized spacial score (nSPS) is 27.7. The highest BCUT2D eigenvalue weighted by atomic mass is 16.2. The molecule has 1 aliphatic carbocycles. The minimum atomic E-state index is -0.589. The highest BCUT2D eigenvalue weighted by molar-refractivity contribution is 5.79. The van der Waals surface area contributed by atoms with E-state index in [1.807, 2.05) is 0 Å². The van der Waals surface area contributed by atoms with Gasteiger partial charge >= 0.3 is 0 Å². The third-order valence-electron chi connectivity index (χ3n) is 4.04. The van der Waals surface area contributed by atoms with Gasteiger partial charge in [-0.1, -0.05) is 0 Å². The molecule has 0 unspecified atom stereocenters. The lowest BCUT2D eigenvalue weighted by atomic mass is 10.00. The largest absolute Gasteiger partial charge is 0.337 e. The number of nitrogens with zero attached hydrogens (tertiary/aromatic N) is 2. The van der Waals surface area contributed by atoms with Crippen molar-refractivity contribution >= 4 is 5.91 Å². The van der Waals surface area contributed by atoms with E-state index in [0.717, 1.165) is 45.3 Å². The number of nitrogens with one attached hydrogen (secondary N) is 2. The van der Waals surface area contributed by atoms with E-state index in [2.05, 4.69) is 28.5 Å². The van der Waals surface area contributed by atoms with Crippen LogP contribution in [-0.4, -0.2) is 48.6 Å². The summed E-state index contributed by atoms with van der Waals surface area (Å²) >= 11 is 0. The van der Waals surface area contributed by atoms with Crippen LogP contribution in [0.2, 0.25) is 0 Å². The monoisotopic (exact) mass is 250 g/mol. The molecule has 5 nitrogen and oxygen atoms in total. The predicted molar refractivity (Wildman–Crippen MR) is 68.9 cm³/mol. The molecule has 2 N–H and O–H groups in total. The second-order valence-corrected chi connectivity index (χ2v) is 5.47. The minimum Gasteiger partial charge on any atom is -0.337 e. The van der Waals surface area contributed by atoms with Crippen LogP contribution in [0.25, 0.3) is 0 Å². The van der Waals surface area contributed by atoms with E-state index in [-0.39, 0.29) is 5.91 Å². The maximum atomic E-state index is 12.1. The molecule has 1 aliphatic heterocycles. The molecular weight excluding hydrogens is 228 g/mol. The average Bonchev–Trinajstić information content (AvgIpc) is 2.81. The summed E-state index contributed by atoms with van der Waals surface area (Å²) in [7, 11) is 0. The number of piperazine rings is 1. The first-order chi connectivity index (χ1) is 8.65. The highest BCUT2D eigenvalue weighted by Crippen LogP contribution is 2.28. The van der Waals surface area contributed by atoms with Crippen LogP contribution in [0.15, 0.2) is 0 Å². The molecule has 1 saturated heterocycles. The number of carbonyl (C=O) groups is 1. The van der Waals surface area contributed by atoms with Crippen molar-refractivity contribution in [3.05, 3.63) is 0 Å². The van der Waals surface area contributed by atoms with Crippen LogP contribution < -0.4 is 10.6 Å². The van der Waals surface area contributed by atoms with Crippen molar-refractivity contribution in [3.8, 4) is 6.07 Å². The molecule has 5 heteroatoms. The smallest absolute Gasteiger partial charge is 0.235 e. The summed E-state index contributed by atoms with van der Waals surface area (Å²) in [5.74, 6) is -0.00722. The van der Waals surface area contributed by atoms with E-state index in [1.54, 1.807) is 0 Å². The van der Waals surface area contributed by atoms with Gasteiger partial charge in [0.2, 0.25) is 5.91 Å². The number of hydrogen-bond acceptors (Lipinski definition) is 4. The third kappa shape index (κ3) is 3.01. The van der Waals surface area contributed by atoms with Crippen LogP contribution >= 0.6 is 0 Å². The molecule has 0 aromatic rings. The second kappa shape index (κ2) is 5.68. The van der Waals surface area contributed by atoms with Crippen molar-refractivity contribution in [2.75, 3.05) is 26.2 Å². The molecule has 2 aliphatic rings. The molecule has 18 heavy (non-hydrogen) atoms. The Bertz CT molecular complexity index is 343. The Kier molecular flexibility index (Phi) is 4.20. The van der Waals surface area contributed by atoms with E-state index < -0.39 is 5.54 Å². The zero-order chi connectivity index (χ0) is 13.0. The number of rotatable bonds is 3. The lowest BCUT2D eigenvalue weighted by Crippen LogP contribution is -2.55. The fourth-order valence-electron chi connectivity index (χ4n) is 2.85. The summed E-state index contributed by atoms with van der Waals surface area (Å²) in [6.07, 6.45) is 3.68. The van der Waals surface area contributed by atoms with Gasteiger partial charge in [-0.3, -0.25) is 9.69 Å². The van der Waals surface area contributed by atoms with Gasteiger partial charge in [0.05, 0.1) is 12.6 Å². The van der Waals surface area contributed by atoms with E-state index >= 15 is 0 Å². The Morgan fingerprint density at radius 3 is 2.89 bits per heavy atom. The zero-order valence-electron chi connectivity index (χ0n) is 11.0. The van der Waals surface area contributed by atoms with Gasteiger partial charge in [-0.25, -0.2) is 0 Å². The van der Waals surface area contributed by atoms with Crippen molar-refractivity contribution < 1.29 is 4.79 Å². The predicted octanol–water partition coefficient (Wildman–Crippen LogP) is 0.233. The van der Waals surface area contributed by atoms with E-state index in [4.69, 9.17) is 0 Å². The first kappa shape index (κ1) is 13.3. The van der Waals surface area contributed by atoms with Crippen molar-refractivity contribution in [1.29, 1.82) is 5.26 Å². The van der Waals surface area contributed by atoms with Gasteiger partial charge in [0, 0.05) is 25.7 Å². The van der Waals surface area contributed by atoms with Crippen LogP contribution in [0.4, 0.5) is 0 Å². The standard InChI is InChI=1S/C13H22N4O/c1-11-8-15-6-7-17(11)9-12(18)16-13(10-14)4-2-3-5-13/h11,15H,2-9H2,1H3,(H,16,18)/t11-/m0/s1. The molecule has 0 radical (unpaired) electrons. The van der Waals surface area contributed by atoms with Gasteiger partial charge in [-0.15, -0.1) is 0 Å².